The van der Waals surface area contributed by atoms with Crippen LogP contribution >= 0.6 is 11.8 Å². The van der Waals surface area contributed by atoms with Crippen molar-refractivity contribution in [2.75, 3.05) is 12.9 Å². The molecule has 0 spiro atoms. The van der Waals surface area contributed by atoms with Gasteiger partial charge in [0.25, 0.3) is 0 Å². The van der Waals surface area contributed by atoms with Crippen molar-refractivity contribution < 1.29 is 19.3 Å². The average molecular weight is 478 g/mol. The normalized spacial score (nSPS) is 22.4. The predicted octanol–water partition coefficient (Wildman–Crippen LogP) is 4.19. The van der Waals surface area contributed by atoms with E-state index in [9.17, 15) is 5.11 Å². The zero-order valence-corrected chi connectivity index (χ0v) is 19.7. The zero-order chi connectivity index (χ0) is 23.4. The molecule has 1 aliphatic rings. The van der Waals surface area contributed by atoms with Crippen molar-refractivity contribution >= 4 is 17.3 Å². The van der Waals surface area contributed by atoms with Gasteiger partial charge in [-0.1, -0.05) is 60.7 Å². The monoisotopic (exact) mass is 477 g/mol. The van der Waals surface area contributed by atoms with E-state index >= 15 is 0 Å². The van der Waals surface area contributed by atoms with Crippen LogP contribution in [0.3, 0.4) is 0 Å². The van der Waals surface area contributed by atoms with E-state index in [2.05, 4.69) is 10.1 Å². The fraction of sp³-hybridized carbons (Fsp3) is 0.308. The lowest BCUT2D eigenvalue weighted by Crippen LogP contribution is -2.30. The van der Waals surface area contributed by atoms with E-state index in [0.29, 0.717) is 25.5 Å². The van der Waals surface area contributed by atoms with E-state index in [0.717, 1.165) is 21.7 Å². The fourth-order valence-corrected chi connectivity index (χ4v) is 4.78. The second kappa shape index (κ2) is 10.2. The standard InChI is InChI=1S/C26H27N3O4S/c1-34-25-21-12-13-24(29(21)28-18-27-25)26(30)14-22(32-16-20-10-6-3-7-11-20)23(33-26)17-31-15-19-8-4-2-5-9-19/h2-13,18,22-23,30H,14-17H2,1H3/t22-,23+,26?/m0/s1. The molecule has 0 radical (unpaired) electrons. The van der Waals surface area contributed by atoms with E-state index in [-0.39, 0.29) is 12.5 Å². The molecule has 0 saturated carbocycles. The lowest BCUT2D eigenvalue weighted by Gasteiger charge is -2.22. The Labute approximate surface area is 202 Å². The SMILES string of the molecule is CSc1ncnn2c(C3(O)C[C@H](OCc4ccccc4)[C@@H](COCc4ccccc4)O3)ccc12. The van der Waals surface area contributed by atoms with E-state index in [1.807, 2.05) is 79.1 Å². The Morgan fingerprint density at radius 3 is 2.44 bits per heavy atom. The molecule has 1 N–H and O–H groups in total. The van der Waals surface area contributed by atoms with Crippen LogP contribution in [0.2, 0.25) is 0 Å². The van der Waals surface area contributed by atoms with Crippen LogP contribution in [-0.2, 0) is 33.2 Å². The topological polar surface area (TPSA) is 78.1 Å². The third-order valence-corrected chi connectivity index (χ3v) is 6.65. The van der Waals surface area contributed by atoms with Crippen LogP contribution in [0.4, 0.5) is 0 Å². The summed E-state index contributed by atoms with van der Waals surface area (Å²) in [6, 6.07) is 23.7. The van der Waals surface area contributed by atoms with Crippen molar-refractivity contribution in [1.82, 2.24) is 14.6 Å². The second-order valence-electron chi connectivity index (χ2n) is 8.27. The van der Waals surface area contributed by atoms with Crippen LogP contribution in [0, 0.1) is 0 Å². The molecule has 0 bridgehead atoms. The molecule has 7 nitrogen and oxygen atoms in total. The molecular weight excluding hydrogens is 450 g/mol. The number of ether oxygens (including phenoxy) is 3. The number of fused-ring (bicyclic) bond motifs is 1. The first kappa shape index (κ1) is 23.0. The lowest BCUT2D eigenvalue weighted by molar-refractivity contribution is -0.213. The highest BCUT2D eigenvalue weighted by Crippen LogP contribution is 2.40. The summed E-state index contributed by atoms with van der Waals surface area (Å²) in [5.41, 5.74) is 3.52. The molecule has 1 saturated heterocycles. The van der Waals surface area contributed by atoms with Crippen LogP contribution in [0.25, 0.3) is 5.52 Å². The van der Waals surface area contributed by atoms with Gasteiger partial charge in [0.1, 0.15) is 23.2 Å². The quantitative estimate of drug-likeness (QED) is 0.362. The summed E-state index contributed by atoms with van der Waals surface area (Å²) in [7, 11) is 0. The molecular formula is C26H27N3O4S. The summed E-state index contributed by atoms with van der Waals surface area (Å²) < 4.78 is 20.1. The van der Waals surface area contributed by atoms with Gasteiger partial charge in [-0.05, 0) is 29.5 Å². The van der Waals surface area contributed by atoms with Crippen molar-refractivity contribution in [1.29, 1.82) is 0 Å². The highest BCUT2D eigenvalue weighted by atomic mass is 32.2. The van der Waals surface area contributed by atoms with Gasteiger partial charge in [0.05, 0.1) is 31.4 Å². The average Bonchev–Trinajstić information content (AvgIpc) is 3.46. The summed E-state index contributed by atoms with van der Waals surface area (Å²) in [4.78, 5) is 4.31. The molecule has 0 aliphatic carbocycles. The molecule has 4 aromatic rings. The van der Waals surface area contributed by atoms with E-state index in [1.54, 1.807) is 4.52 Å². The van der Waals surface area contributed by atoms with Gasteiger partial charge in [-0.25, -0.2) is 9.50 Å². The van der Waals surface area contributed by atoms with Crippen molar-refractivity contribution in [2.24, 2.45) is 0 Å². The number of hydrogen-bond acceptors (Lipinski definition) is 7. The van der Waals surface area contributed by atoms with Crippen molar-refractivity contribution in [3.05, 3.63) is 95.9 Å². The lowest BCUT2D eigenvalue weighted by atomic mass is 10.1. The molecule has 8 heteroatoms. The van der Waals surface area contributed by atoms with Crippen LogP contribution in [-0.4, -0.2) is 44.8 Å². The van der Waals surface area contributed by atoms with E-state index in [1.165, 1.54) is 18.1 Å². The number of hydrogen-bond donors (Lipinski definition) is 1. The third-order valence-electron chi connectivity index (χ3n) is 5.95. The Bertz CT molecular complexity index is 1220. The Kier molecular flexibility index (Phi) is 6.94. The summed E-state index contributed by atoms with van der Waals surface area (Å²) in [5.74, 6) is -1.56. The summed E-state index contributed by atoms with van der Waals surface area (Å²) >= 11 is 1.53. The maximum Gasteiger partial charge on any atom is 0.212 e. The van der Waals surface area contributed by atoms with Gasteiger partial charge in [0.15, 0.2) is 0 Å². The van der Waals surface area contributed by atoms with Gasteiger partial charge < -0.3 is 19.3 Å². The molecule has 1 aliphatic heterocycles. The summed E-state index contributed by atoms with van der Waals surface area (Å²) in [6.07, 6.45) is 2.93. The summed E-state index contributed by atoms with van der Waals surface area (Å²) in [5, 5.41) is 16.8. The van der Waals surface area contributed by atoms with E-state index in [4.69, 9.17) is 14.2 Å². The Hall–Kier alpha value is -2.75. The maximum atomic E-state index is 11.6. The van der Waals surface area contributed by atoms with Gasteiger partial charge in [0, 0.05) is 6.42 Å². The minimum atomic E-state index is -1.56. The molecule has 2 aromatic heterocycles. The molecule has 2 aromatic carbocycles. The third kappa shape index (κ3) is 4.87. The molecule has 1 unspecified atom stereocenters. The minimum Gasteiger partial charge on any atom is -0.374 e. The van der Waals surface area contributed by atoms with Gasteiger partial charge in [-0.15, -0.1) is 11.8 Å². The maximum absolute atomic E-state index is 11.6. The molecule has 5 rings (SSSR count). The Morgan fingerprint density at radius 2 is 1.74 bits per heavy atom. The zero-order valence-electron chi connectivity index (χ0n) is 18.9. The number of aliphatic hydroxyl groups is 1. The van der Waals surface area contributed by atoms with Gasteiger partial charge >= 0.3 is 0 Å². The second-order valence-corrected chi connectivity index (χ2v) is 9.06. The Balaban J connectivity index is 1.36. The fourth-order valence-electron chi connectivity index (χ4n) is 4.26. The minimum absolute atomic E-state index is 0.268. The number of rotatable bonds is 9. The Morgan fingerprint density at radius 1 is 1.03 bits per heavy atom. The molecule has 3 atom stereocenters. The molecule has 0 amide bonds. The predicted molar refractivity (Wildman–Crippen MR) is 129 cm³/mol. The van der Waals surface area contributed by atoms with Crippen LogP contribution < -0.4 is 0 Å². The van der Waals surface area contributed by atoms with Crippen LogP contribution in [0.1, 0.15) is 23.2 Å². The van der Waals surface area contributed by atoms with Crippen molar-refractivity contribution in [3.8, 4) is 0 Å². The number of thioether (sulfide) groups is 1. The molecule has 176 valence electrons. The van der Waals surface area contributed by atoms with Gasteiger partial charge in [-0.3, -0.25) is 0 Å². The molecule has 34 heavy (non-hydrogen) atoms. The van der Waals surface area contributed by atoms with Crippen molar-refractivity contribution in [2.45, 2.75) is 42.7 Å². The van der Waals surface area contributed by atoms with Crippen LogP contribution in [0.15, 0.2) is 84.1 Å². The highest BCUT2D eigenvalue weighted by Gasteiger charge is 2.49. The molecule has 3 heterocycles. The number of benzene rings is 2. The highest BCUT2D eigenvalue weighted by molar-refractivity contribution is 7.98. The first-order valence-corrected chi connectivity index (χ1v) is 12.4. The van der Waals surface area contributed by atoms with Crippen molar-refractivity contribution in [3.63, 3.8) is 0 Å². The molecule has 1 fully saturated rings. The largest absolute Gasteiger partial charge is 0.374 e. The smallest absolute Gasteiger partial charge is 0.212 e. The van der Waals surface area contributed by atoms with E-state index < -0.39 is 11.9 Å². The van der Waals surface area contributed by atoms with Gasteiger partial charge in [-0.2, -0.15) is 5.10 Å². The first-order chi connectivity index (χ1) is 16.7. The van der Waals surface area contributed by atoms with Gasteiger partial charge in [0.2, 0.25) is 5.79 Å². The van der Waals surface area contributed by atoms with Crippen LogP contribution in [0.5, 0.6) is 0 Å². The number of nitrogens with zero attached hydrogens (tertiary/aromatic N) is 3. The first-order valence-electron chi connectivity index (χ1n) is 11.2. The number of aromatic nitrogens is 3. The summed E-state index contributed by atoms with van der Waals surface area (Å²) in [6.45, 7) is 1.18.